The number of aromatic carboxylic acids is 1. The van der Waals surface area contributed by atoms with E-state index in [9.17, 15) is 27.9 Å². The summed E-state index contributed by atoms with van der Waals surface area (Å²) in [6.07, 6.45) is -2.77. The van der Waals surface area contributed by atoms with E-state index in [1.165, 1.54) is 29.2 Å². The molecule has 0 unspecified atom stereocenters. The zero-order valence-electron chi connectivity index (χ0n) is 21.9. The molecule has 1 amide bonds. The molecule has 0 spiro atoms. The van der Waals surface area contributed by atoms with Gasteiger partial charge in [-0.3, -0.25) is 9.69 Å². The van der Waals surface area contributed by atoms with E-state index < -0.39 is 17.7 Å². The van der Waals surface area contributed by atoms with Gasteiger partial charge in [0.05, 0.1) is 28.3 Å². The van der Waals surface area contributed by atoms with Gasteiger partial charge < -0.3 is 9.84 Å². The van der Waals surface area contributed by atoms with E-state index in [1.54, 1.807) is 18.2 Å². The predicted octanol–water partition coefficient (Wildman–Crippen LogP) is 7.79. The smallest absolute Gasteiger partial charge is 0.416 e. The number of carbonyl (C=O) groups excluding carboxylic acids is 1. The van der Waals surface area contributed by atoms with Crippen molar-refractivity contribution < 1.29 is 32.6 Å². The molecule has 42 heavy (non-hydrogen) atoms. The number of thioether (sulfide) groups is 1. The molecule has 1 heterocycles. The number of amides is 1. The minimum Gasteiger partial charge on any atom is -0.489 e. The second kappa shape index (κ2) is 12.4. The molecule has 0 aromatic heterocycles. The van der Waals surface area contributed by atoms with Crippen LogP contribution in [0.1, 0.15) is 32.6 Å². The van der Waals surface area contributed by atoms with E-state index >= 15 is 0 Å². The first-order chi connectivity index (χ1) is 20.2. The van der Waals surface area contributed by atoms with Crippen molar-refractivity contribution in [3.63, 3.8) is 0 Å². The first-order valence-electron chi connectivity index (χ1n) is 12.7. The fourth-order valence-electron chi connectivity index (χ4n) is 4.09. The van der Waals surface area contributed by atoms with Crippen molar-refractivity contribution in [2.45, 2.75) is 19.3 Å². The molecular weight excluding hydrogens is 565 g/mol. The third-order valence-corrected chi connectivity index (χ3v) is 7.26. The minimum absolute atomic E-state index is 0.0861. The van der Waals surface area contributed by atoms with Gasteiger partial charge in [0.1, 0.15) is 12.4 Å². The number of benzene rings is 4. The van der Waals surface area contributed by atoms with Crippen LogP contribution in [0.15, 0.2) is 113 Å². The van der Waals surface area contributed by atoms with Crippen molar-refractivity contribution in [2.75, 3.05) is 0 Å². The molecule has 1 aliphatic rings. The second-order valence-corrected chi connectivity index (χ2v) is 10.3. The second-order valence-electron chi connectivity index (χ2n) is 9.29. The third kappa shape index (κ3) is 7.08. The van der Waals surface area contributed by atoms with Crippen LogP contribution in [-0.4, -0.2) is 27.1 Å². The molecule has 4 aromatic rings. The van der Waals surface area contributed by atoms with Crippen LogP contribution in [-0.2, 0) is 24.1 Å². The van der Waals surface area contributed by atoms with Crippen LogP contribution in [0.2, 0.25) is 0 Å². The highest BCUT2D eigenvalue weighted by Crippen LogP contribution is 2.36. The van der Waals surface area contributed by atoms with E-state index in [0.717, 1.165) is 35.0 Å². The molecule has 10 heteroatoms. The van der Waals surface area contributed by atoms with Gasteiger partial charge in [-0.2, -0.15) is 13.2 Å². The molecular formula is C32H23F3N2O4S. The molecule has 1 N–H and O–H groups in total. The van der Waals surface area contributed by atoms with E-state index in [-0.39, 0.29) is 28.9 Å². The number of hydrogen-bond donors (Lipinski definition) is 1. The van der Waals surface area contributed by atoms with Gasteiger partial charge in [-0.25, -0.2) is 9.79 Å². The third-order valence-electron chi connectivity index (χ3n) is 6.25. The van der Waals surface area contributed by atoms with Crippen molar-refractivity contribution in [1.29, 1.82) is 0 Å². The number of carboxylic acid groups (broad SMARTS) is 1. The fourth-order valence-corrected chi connectivity index (χ4v) is 5.09. The molecule has 6 nitrogen and oxygen atoms in total. The molecule has 0 radical (unpaired) electrons. The lowest BCUT2D eigenvalue weighted by molar-refractivity contribution is -0.137. The number of ether oxygens (including phenoxy) is 1. The van der Waals surface area contributed by atoms with E-state index in [2.05, 4.69) is 4.99 Å². The monoisotopic (exact) mass is 588 g/mol. The summed E-state index contributed by atoms with van der Waals surface area (Å²) in [5, 5.41) is 9.47. The summed E-state index contributed by atoms with van der Waals surface area (Å²) in [7, 11) is 0. The normalized spacial score (nSPS) is 15.4. The predicted molar refractivity (Wildman–Crippen MR) is 155 cm³/mol. The summed E-state index contributed by atoms with van der Waals surface area (Å²) >= 11 is 1.10. The van der Waals surface area contributed by atoms with Crippen LogP contribution < -0.4 is 4.74 Å². The minimum atomic E-state index is -4.48. The van der Waals surface area contributed by atoms with Crippen molar-refractivity contribution >= 4 is 40.6 Å². The maximum Gasteiger partial charge on any atom is 0.416 e. The fraction of sp³-hybridized carbons (Fsp3) is 0.0938. The highest BCUT2D eigenvalue weighted by molar-refractivity contribution is 8.18. The zero-order chi connectivity index (χ0) is 29.7. The zero-order valence-corrected chi connectivity index (χ0v) is 22.7. The summed E-state index contributed by atoms with van der Waals surface area (Å²) < 4.78 is 45.0. The molecule has 4 aromatic carbocycles. The molecule has 0 bridgehead atoms. The lowest BCUT2D eigenvalue weighted by Crippen LogP contribution is -2.28. The van der Waals surface area contributed by atoms with Crippen LogP contribution >= 0.6 is 11.8 Å². The number of rotatable bonds is 8. The molecule has 0 aliphatic carbocycles. The SMILES string of the molecule is O=C(O)c1ccc(CN2C(=O)/C(=C/c3cccc(OCc4ccccc4)c3)SC2=Nc2ccc(C(F)(F)F)cc2)cc1. The van der Waals surface area contributed by atoms with E-state index in [1.807, 2.05) is 54.6 Å². The van der Waals surface area contributed by atoms with Gasteiger partial charge in [-0.05, 0) is 83.1 Å². The van der Waals surface area contributed by atoms with Crippen molar-refractivity contribution in [3.8, 4) is 5.75 Å². The van der Waals surface area contributed by atoms with Crippen molar-refractivity contribution in [1.82, 2.24) is 4.90 Å². The molecule has 1 fully saturated rings. The van der Waals surface area contributed by atoms with Crippen LogP contribution in [0.4, 0.5) is 18.9 Å². The van der Waals surface area contributed by atoms with Crippen molar-refractivity contribution in [3.05, 3.63) is 136 Å². The van der Waals surface area contributed by atoms with Gasteiger partial charge in [0.2, 0.25) is 0 Å². The number of nitrogens with zero attached hydrogens (tertiary/aromatic N) is 2. The first-order valence-corrected chi connectivity index (χ1v) is 13.5. The molecule has 5 rings (SSSR count). The van der Waals surface area contributed by atoms with Gasteiger partial charge in [-0.15, -0.1) is 0 Å². The van der Waals surface area contributed by atoms with E-state index in [4.69, 9.17) is 4.74 Å². The van der Waals surface area contributed by atoms with Gasteiger partial charge >= 0.3 is 12.1 Å². The standard InChI is InChI=1S/C32H23F3N2O4S/c33-32(34,35)25-13-15-26(16-14-25)36-31-37(19-21-9-11-24(12-10-21)30(39)40)29(38)28(42-31)18-23-7-4-8-27(17-23)41-20-22-5-2-1-3-6-22/h1-18H,19-20H2,(H,39,40)/b28-18-,36-31?. The molecule has 1 saturated heterocycles. The Morgan fingerprint density at radius 3 is 2.29 bits per heavy atom. The quantitative estimate of drug-likeness (QED) is 0.213. The van der Waals surface area contributed by atoms with Crippen LogP contribution in [0.5, 0.6) is 5.75 Å². The maximum atomic E-state index is 13.6. The molecule has 1 aliphatic heterocycles. The molecule has 0 atom stereocenters. The first kappa shape index (κ1) is 28.7. The Morgan fingerprint density at radius 1 is 0.905 bits per heavy atom. The van der Waals surface area contributed by atoms with Gasteiger partial charge in [0.15, 0.2) is 5.17 Å². The van der Waals surface area contributed by atoms with Gasteiger partial charge in [0, 0.05) is 0 Å². The number of halogens is 3. The Balaban J connectivity index is 1.42. The number of carbonyl (C=O) groups is 2. The Hall–Kier alpha value is -4.83. The number of amidine groups is 1. The lowest BCUT2D eigenvalue weighted by atomic mass is 10.1. The summed E-state index contributed by atoms with van der Waals surface area (Å²) in [6.45, 7) is 0.468. The Bertz CT molecular complexity index is 1650. The highest BCUT2D eigenvalue weighted by atomic mass is 32.2. The van der Waals surface area contributed by atoms with Gasteiger partial charge in [0.25, 0.3) is 5.91 Å². The number of aliphatic imine (C=N–C) groups is 1. The molecule has 0 saturated carbocycles. The average molecular weight is 589 g/mol. The summed E-state index contributed by atoms with van der Waals surface area (Å²) in [4.78, 5) is 31.0. The topological polar surface area (TPSA) is 79.2 Å². The largest absolute Gasteiger partial charge is 0.489 e. The van der Waals surface area contributed by atoms with Gasteiger partial charge in [-0.1, -0.05) is 54.6 Å². The average Bonchev–Trinajstić information content (AvgIpc) is 3.25. The van der Waals surface area contributed by atoms with Crippen molar-refractivity contribution in [2.24, 2.45) is 4.99 Å². The molecule has 212 valence electrons. The van der Waals surface area contributed by atoms with Crippen LogP contribution in [0, 0.1) is 0 Å². The summed E-state index contributed by atoms with van der Waals surface area (Å²) in [5.74, 6) is -0.791. The van der Waals surface area contributed by atoms with Crippen LogP contribution in [0.25, 0.3) is 6.08 Å². The summed E-state index contributed by atoms with van der Waals surface area (Å²) in [5.41, 5.74) is 1.95. The number of alkyl halides is 3. The Kier molecular flexibility index (Phi) is 8.44. The number of carboxylic acids is 1. The van der Waals surface area contributed by atoms with E-state index in [0.29, 0.717) is 22.8 Å². The maximum absolute atomic E-state index is 13.6. The van der Waals surface area contributed by atoms with Crippen LogP contribution in [0.3, 0.4) is 0 Å². The Labute approximate surface area is 243 Å². The highest BCUT2D eigenvalue weighted by Gasteiger charge is 2.34. The number of hydrogen-bond acceptors (Lipinski definition) is 5. The Morgan fingerprint density at radius 2 is 1.62 bits per heavy atom. The summed E-state index contributed by atoms with van der Waals surface area (Å²) in [6, 6.07) is 27.4. The lowest BCUT2D eigenvalue weighted by Gasteiger charge is -2.16.